The van der Waals surface area contributed by atoms with Crippen molar-refractivity contribution in [1.82, 2.24) is 19.6 Å². The molecule has 2 aromatic heterocycles. The summed E-state index contributed by atoms with van der Waals surface area (Å²) in [6, 6.07) is 5.52. The zero-order chi connectivity index (χ0) is 21.4. The van der Waals surface area contributed by atoms with Crippen LogP contribution < -0.4 is 5.56 Å². The monoisotopic (exact) mass is 409 g/mol. The molecule has 0 radical (unpaired) electrons. The minimum Gasteiger partial charge on any atom is -0.505 e. The maximum absolute atomic E-state index is 13.6. The summed E-state index contributed by atoms with van der Waals surface area (Å²) in [7, 11) is 1.97. The fraction of sp³-hybridized carbons (Fsp3) is 0.333. The maximum Gasteiger partial charge on any atom is 0.258 e. The Labute approximate surface area is 171 Å². The van der Waals surface area contributed by atoms with Crippen molar-refractivity contribution in [3.8, 4) is 23.1 Å². The number of likely N-dealkylation sites (N-methyl/N-ethyl adjacent to an activating group) is 1. The molecular formula is C21H20FN5O3. The summed E-state index contributed by atoms with van der Waals surface area (Å²) in [5.41, 5.74) is 2.15. The van der Waals surface area contributed by atoms with Crippen LogP contribution in [0.4, 0.5) is 4.39 Å². The third kappa shape index (κ3) is 3.46. The Bertz CT molecular complexity index is 1220. The van der Waals surface area contributed by atoms with E-state index < -0.39 is 11.6 Å². The lowest BCUT2D eigenvalue weighted by molar-refractivity contribution is 0.305. The second kappa shape index (κ2) is 7.72. The summed E-state index contributed by atoms with van der Waals surface area (Å²) >= 11 is 0. The number of phenols is 1. The second-order valence-corrected chi connectivity index (χ2v) is 7.33. The number of fused-ring (bicyclic) bond motifs is 1. The van der Waals surface area contributed by atoms with Gasteiger partial charge < -0.3 is 14.5 Å². The van der Waals surface area contributed by atoms with Crippen LogP contribution in [0.15, 0.2) is 27.5 Å². The molecule has 0 unspecified atom stereocenters. The first kappa shape index (κ1) is 19.8. The van der Waals surface area contributed by atoms with Crippen molar-refractivity contribution in [3.63, 3.8) is 0 Å². The van der Waals surface area contributed by atoms with E-state index in [4.69, 9.17) is 9.51 Å². The van der Waals surface area contributed by atoms with Crippen LogP contribution in [-0.4, -0.2) is 38.3 Å². The van der Waals surface area contributed by atoms with Crippen molar-refractivity contribution in [1.29, 1.82) is 5.26 Å². The van der Waals surface area contributed by atoms with Gasteiger partial charge in [0.25, 0.3) is 5.56 Å². The molecule has 0 fully saturated rings. The van der Waals surface area contributed by atoms with E-state index in [-0.39, 0.29) is 29.0 Å². The Hall–Kier alpha value is -3.51. The van der Waals surface area contributed by atoms with E-state index in [1.54, 1.807) is 10.6 Å². The molecular weight excluding hydrogens is 389 g/mol. The van der Waals surface area contributed by atoms with Crippen molar-refractivity contribution in [2.24, 2.45) is 0 Å². The SMILES string of the molecule is CCc1nc2c(c(=O)n1Cc1cc(-c3cc(O)c(F)cc3C#N)on1)CN(C)CC2. The van der Waals surface area contributed by atoms with Gasteiger partial charge in [0.15, 0.2) is 17.3 Å². The lowest BCUT2D eigenvalue weighted by Crippen LogP contribution is -2.37. The van der Waals surface area contributed by atoms with E-state index in [1.165, 1.54) is 0 Å². The molecule has 30 heavy (non-hydrogen) atoms. The summed E-state index contributed by atoms with van der Waals surface area (Å²) in [5, 5.41) is 22.9. The summed E-state index contributed by atoms with van der Waals surface area (Å²) in [4.78, 5) is 19.9. The number of nitriles is 1. The van der Waals surface area contributed by atoms with Crippen molar-refractivity contribution < 1.29 is 14.0 Å². The second-order valence-electron chi connectivity index (χ2n) is 7.33. The van der Waals surface area contributed by atoms with Gasteiger partial charge in [0.1, 0.15) is 17.6 Å². The standard InChI is InChI=1S/C21H20FN5O3/c1-3-20-24-17-4-5-26(2)11-15(17)21(29)27(20)10-13-7-19(30-25-13)14-8-18(28)16(22)6-12(14)9-23/h6-8,28H,3-5,10-11H2,1-2H3. The van der Waals surface area contributed by atoms with Gasteiger partial charge in [-0.3, -0.25) is 9.36 Å². The van der Waals surface area contributed by atoms with Crippen LogP contribution in [0.1, 0.15) is 35.3 Å². The molecule has 0 amide bonds. The van der Waals surface area contributed by atoms with Crippen molar-refractivity contribution in [3.05, 3.63) is 62.7 Å². The number of hydrogen-bond donors (Lipinski definition) is 1. The summed E-state index contributed by atoms with van der Waals surface area (Å²) in [6.45, 7) is 3.51. The molecule has 0 atom stereocenters. The minimum atomic E-state index is -0.890. The topological polar surface area (TPSA) is 108 Å². The quantitative estimate of drug-likeness (QED) is 0.704. The first-order chi connectivity index (χ1) is 14.4. The Kier molecular flexibility index (Phi) is 5.10. The van der Waals surface area contributed by atoms with Gasteiger partial charge in [0.05, 0.1) is 23.4 Å². The van der Waals surface area contributed by atoms with Gasteiger partial charge in [-0.25, -0.2) is 9.37 Å². The van der Waals surface area contributed by atoms with Crippen molar-refractivity contribution >= 4 is 0 Å². The number of aromatic nitrogens is 3. The lowest BCUT2D eigenvalue weighted by atomic mass is 10.0. The zero-order valence-electron chi connectivity index (χ0n) is 16.6. The van der Waals surface area contributed by atoms with E-state index in [9.17, 15) is 19.6 Å². The van der Waals surface area contributed by atoms with E-state index in [0.717, 1.165) is 30.8 Å². The van der Waals surface area contributed by atoms with E-state index in [1.807, 2.05) is 20.0 Å². The zero-order valence-corrected chi connectivity index (χ0v) is 16.6. The van der Waals surface area contributed by atoms with Crippen molar-refractivity contribution in [2.45, 2.75) is 32.9 Å². The summed E-state index contributed by atoms with van der Waals surface area (Å²) in [6.07, 6.45) is 1.33. The molecule has 0 saturated carbocycles. The van der Waals surface area contributed by atoms with Gasteiger partial charge in [0, 0.05) is 37.6 Å². The van der Waals surface area contributed by atoms with Gasteiger partial charge in [-0.2, -0.15) is 5.26 Å². The molecule has 1 aromatic carbocycles. The van der Waals surface area contributed by atoms with Crippen LogP contribution in [0.3, 0.4) is 0 Å². The average Bonchev–Trinajstić information content (AvgIpc) is 3.20. The highest BCUT2D eigenvalue weighted by atomic mass is 19.1. The third-order valence-corrected chi connectivity index (χ3v) is 5.25. The van der Waals surface area contributed by atoms with Gasteiger partial charge in [-0.15, -0.1) is 0 Å². The first-order valence-electron chi connectivity index (χ1n) is 9.59. The Balaban J connectivity index is 1.72. The Morgan fingerprint density at radius 1 is 1.37 bits per heavy atom. The van der Waals surface area contributed by atoms with Gasteiger partial charge in [-0.1, -0.05) is 12.1 Å². The molecule has 8 nitrogen and oxygen atoms in total. The van der Waals surface area contributed by atoms with Crippen LogP contribution in [0, 0.1) is 17.1 Å². The van der Waals surface area contributed by atoms with E-state index >= 15 is 0 Å². The molecule has 0 spiro atoms. The third-order valence-electron chi connectivity index (χ3n) is 5.25. The number of aryl methyl sites for hydroxylation is 1. The minimum absolute atomic E-state index is 0.0119. The molecule has 3 aromatic rings. The van der Waals surface area contributed by atoms with Crippen LogP contribution in [0.2, 0.25) is 0 Å². The molecule has 1 N–H and O–H groups in total. The molecule has 154 valence electrons. The van der Waals surface area contributed by atoms with Gasteiger partial charge >= 0.3 is 0 Å². The number of halogens is 1. The highest BCUT2D eigenvalue weighted by Crippen LogP contribution is 2.30. The largest absolute Gasteiger partial charge is 0.505 e. The highest BCUT2D eigenvalue weighted by molar-refractivity contribution is 5.68. The van der Waals surface area contributed by atoms with E-state index in [0.29, 0.717) is 30.0 Å². The smallest absolute Gasteiger partial charge is 0.258 e. The molecule has 4 rings (SSSR count). The Morgan fingerprint density at radius 3 is 2.90 bits per heavy atom. The summed E-state index contributed by atoms with van der Waals surface area (Å²) in [5.74, 6) is -0.604. The van der Waals surface area contributed by atoms with Crippen LogP contribution in [-0.2, 0) is 25.9 Å². The molecule has 0 bridgehead atoms. The lowest BCUT2D eigenvalue weighted by Gasteiger charge is -2.25. The molecule has 3 heterocycles. The van der Waals surface area contributed by atoms with Crippen LogP contribution in [0.25, 0.3) is 11.3 Å². The predicted octanol–water partition coefficient (Wildman–Crippen LogP) is 2.21. The fourth-order valence-electron chi connectivity index (χ4n) is 3.67. The average molecular weight is 409 g/mol. The van der Waals surface area contributed by atoms with Crippen LogP contribution in [0.5, 0.6) is 5.75 Å². The number of nitrogens with zero attached hydrogens (tertiary/aromatic N) is 5. The number of hydrogen-bond acceptors (Lipinski definition) is 7. The normalized spacial score (nSPS) is 13.8. The van der Waals surface area contributed by atoms with Gasteiger partial charge in [0.2, 0.25) is 0 Å². The number of phenolic OH excluding ortho intramolecular Hbond substituents is 1. The molecule has 9 heteroatoms. The number of rotatable bonds is 4. The van der Waals surface area contributed by atoms with Crippen molar-refractivity contribution in [2.75, 3.05) is 13.6 Å². The van der Waals surface area contributed by atoms with Crippen LogP contribution >= 0.6 is 0 Å². The molecule has 0 aliphatic carbocycles. The number of aromatic hydroxyl groups is 1. The van der Waals surface area contributed by atoms with E-state index in [2.05, 4.69) is 10.1 Å². The molecule has 1 aliphatic rings. The molecule has 0 saturated heterocycles. The van der Waals surface area contributed by atoms with Gasteiger partial charge in [-0.05, 0) is 19.2 Å². The Morgan fingerprint density at radius 2 is 2.17 bits per heavy atom. The summed E-state index contributed by atoms with van der Waals surface area (Å²) < 4.78 is 20.5. The maximum atomic E-state index is 13.6. The molecule has 1 aliphatic heterocycles. The first-order valence-corrected chi connectivity index (χ1v) is 9.59. The highest BCUT2D eigenvalue weighted by Gasteiger charge is 2.22. The number of benzene rings is 1. The predicted molar refractivity (Wildman–Crippen MR) is 105 cm³/mol. The fourth-order valence-corrected chi connectivity index (χ4v) is 3.67.